The molecule has 1 fully saturated rings. The van der Waals surface area contributed by atoms with Crippen LogP contribution >= 0.6 is 0 Å². The largest absolute Gasteiger partial charge is 0.484 e. The van der Waals surface area contributed by atoms with Crippen molar-refractivity contribution in [1.82, 2.24) is 4.90 Å². The highest BCUT2D eigenvalue weighted by Crippen LogP contribution is 2.30. The van der Waals surface area contributed by atoms with Crippen molar-refractivity contribution in [3.63, 3.8) is 0 Å². The molecular formula is C22H20N2O6. The first-order valence-electron chi connectivity index (χ1n) is 9.74. The van der Waals surface area contributed by atoms with Crippen LogP contribution in [0.2, 0.25) is 0 Å². The third-order valence-electron chi connectivity index (χ3n) is 5.18. The van der Waals surface area contributed by atoms with Crippen LogP contribution in [0.5, 0.6) is 5.75 Å². The second-order valence-corrected chi connectivity index (χ2v) is 7.17. The number of fused-ring (bicyclic) bond motifs is 1. The van der Waals surface area contributed by atoms with E-state index in [4.69, 9.17) is 9.15 Å². The van der Waals surface area contributed by atoms with Crippen LogP contribution in [-0.4, -0.2) is 35.4 Å². The number of rotatable bonds is 5. The van der Waals surface area contributed by atoms with E-state index in [1.807, 2.05) is 0 Å². The number of carbonyl (C=O) groups excluding carboxylic acids is 1. The molecule has 0 N–H and O–H groups in total. The van der Waals surface area contributed by atoms with E-state index in [1.54, 1.807) is 35.2 Å². The molecule has 0 atom stereocenters. The smallest absolute Gasteiger partial charge is 0.336 e. The lowest BCUT2D eigenvalue weighted by atomic mass is 10.0. The van der Waals surface area contributed by atoms with Gasteiger partial charge in [-0.3, -0.25) is 14.9 Å². The first-order valence-corrected chi connectivity index (χ1v) is 9.74. The second kappa shape index (κ2) is 8.36. The lowest BCUT2D eigenvalue weighted by Crippen LogP contribution is -2.38. The molecule has 4 rings (SSSR count). The Morgan fingerprint density at radius 3 is 2.50 bits per heavy atom. The zero-order chi connectivity index (χ0) is 21.1. The summed E-state index contributed by atoms with van der Waals surface area (Å²) in [5.74, 6) is 0.368. The van der Waals surface area contributed by atoms with Gasteiger partial charge in [0.1, 0.15) is 11.3 Å². The van der Waals surface area contributed by atoms with Crippen LogP contribution in [-0.2, 0) is 4.79 Å². The number of hydrogen-bond donors (Lipinski definition) is 0. The fourth-order valence-electron chi connectivity index (χ4n) is 3.61. The van der Waals surface area contributed by atoms with Crippen molar-refractivity contribution in [2.45, 2.75) is 19.3 Å². The number of benzene rings is 2. The topological polar surface area (TPSA) is 103 Å². The maximum absolute atomic E-state index is 12.3. The van der Waals surface area contributed by atoms with Gasteiger partial charge in [-0.2, -0.15) is 0 Å². The molecule has 3 aromatic rings. The number of nitro groups is 1. The maximum atomic E-state index is 12.3. The van der Waals surface area contributed by atoms with Gasteiger partial charge >= 0.3 is 5.63 Å². The average molecular weight is 408 g/mol. The molecule has 0 saturated carbocycles. The Morgan fingerprint density at radius 2 is 1.80 bits per heavy atom. The van der Waals surface area contributed by atoms with Gasteiger partial charge in [0.25, 0.3) is 11.6 Å². The summed E-state index contributed by atoms with van der Waals surface area (Å²) >= 11 is 0. The lowest BCUT2D eigenvalue weighted by Gasteiger charge is -2.26. The fraction of sp³-hybridized carbons (Fsp3) is 0.273. The van der Waals surface area contributed by atoms with Crippen LogP contribution in [0.3, 0.4) is 0 Å². The predicted molar refractivity (Wildman–Crippen MR) is 111 cm³/mol. The SMILES string of the molecule is O=C(COc1ccc2c(-c3ccc([N+](=O)[O-])cc3)cc(=O)oc2c1)N1CCCCC1. The van der Waals surface area contributed by atoms with E-state index in [2.05, 4.69) is 0 Å². The highest BCUT2D eigenvalue weighted by atomic mass is 16.6. The van der Waals surface area contributed by atoms with Crippen molar-refractivity contribution in [3.8, 4) is 16.9 Å². The van der Waals surface area contributed by atoms with Crippen LogP contribution in [0.15, 0.2) is 57.7 Å². The molecule has 1 aliphatic heterocycles. The molecule has 1 saturated heterocycles. The minimum Gasteiger partial charge on any atom is -0.484 e. The Bertz CT molecular complexity index is 1150. The molecule has 154 valence electrons. The van der Waals surface area contributed by atoms with Crippen LogP contribution in [0.25, 0.3) is 22.1 Å². The van der Waals surface area contributed by atoms with Crippen molar-refractivity contribution in [3.05, 3.63) is 69.1 Å². The minimum absolute atomic E-state index is 0.0277. The zero-order valence-electron chi connectivity index (χ0n) is 16.2. The van der Waals surface area contributed by atoms with Crippen LogP contribution < -0.4 is 10.4 Å². The molecule has 1 aliphatic rings. The van der Waals surface area contributed by atoms with Gasteiger partial charge in [-0.15, -0.1) is 0 Å². The van der Waals surface area contributed by atoms with Gasteiger partial charge in [-0.05, 0) is 54.7 Å². The number of amides is 1. The molecule has 0 unspecified atom stereocenters. The summed E-state index contributed by atoms with van der Waals surface area (Å²) in [6, 6.07) is 12.3. The quantitative estimate of drug-likeness (QED) is 0.362. The van der Waals surface area contributed by atoms with E-state index >= 15 is 0 Å². The molecular weight excluding hydrogens is 388 g/mol. The summed E-state index contributed by atoms with van der Waals surface area (Å²) in [6.07, 6.45) is 3.17. The van der Waals surface area contributed by atoms with Gasteiger partial charge in [0, 0.05) is 42.7 Å². The average Bonchev–Trinajstić information content (AvgIpc) is 2.77. The Hall–Kier alpha value is -3.68. The van der Waals surface area contributed by atoms with Crippen molar-refractivity contribution in [2.75, 3.05) is 19.7 Å². The number of hydrogen-bond acceptors (Lipinski definition) is 6. The van der Waals surface area contributed by atoms with Crippen LogP contribution in [0.1, 0.15) is 19.3 Å². The Morgan fingerprint density at radius 1 is 1.07 bits per heavy atom. The molecule has 2 heterocycles. The van der Waals surface area contributed by atoms with Gasteiger partial charge in [0.2, 0.25) is 0 Å². The monoisotopic (exact) mass is 408 g/mol. The molecule has 0 radical (unpaired) electrons. The van der Waals surface area contributed by atoms with E-state index in [0.717, 1.165) is 32.4 Å². The molecule has 8 heteroatoms. The summed E-state index contributed by atoms with van der Waals surface area (Å²) in [4.78, 5) is 36.5. The van der Waals surface area contributed by atoms with Crippen LogP contribution in [0.4, 0.5) is 5.69 Å². The van der Waals surface area contributed by atoms with Gasteiger partial charge in [0.05, 0.1) is 4.92 Å². The highest BCUT2D eigenvalue weighted by molar-refractivity contribution is 5.94. The van der Waals surface area contributed by atoms with E-state index in [0.29, 0.717) is 27.8 Å². The first kappa shape index (κ1) is 19.6. The number of nitro benzene ring substituents is 1. The summed E-state index contributed by atoms with van der Waals surface area (Å²) in [5.41, 5.74) is 1.01. The Balaban J connectivity index is 1.58. The number of non-ortho nitro benzene ring substituents is 1. The van der Waals surface area contributed by atoms with Crippen molar-refractivity contribution < 1.29 is 18.9 Å². The summed E-state index contributed by atoms with van der Waals surface area (Å²) < 4.78 is 10.9. The van der Waals surface area contributed by atoms with E-state index in [9.17, 15) is 19.7 Å². The van der Waals surface area contributed by atoms with Gasteiger partial charge in [-0.25, -0.2) is 4.79 Å². The molecule has 30 heavy (non-hydrogen) atoms. The Labute approximate surface area is 171 Å². The van der Waals surface area contributed by atoms with E-state index in [1.165, 1.54) is 18.2 Å². The minimum atomic E-state index is -0.544. The molecule has 0 bridgehead atoms. The number of nitrogens with zero attached hydrogens (tertiary/aromatic N) is 2. The van der Waals surface area contributed by atoms with E-state index in [-0.39, 0.29) is 18.2 Å². The normalized spacial score (nSPS) is 13.9. The number of carbonyl (C=O) groups is 1. The standard InChI is InChI=1S/C22H20N2O6/c25-21(23-10-2-1-3-11-23)14-29-17-8-9-18-19(13-22(26)30-20(18)12-17)15-4-6-16(7-5-15)24(27)28/h4-9,12-13H,1-3,10-11,14H2. The summed E-state index contributed by atoms with van der Waals surface area (Å²) in [5, 5.41) is 11.5. The Kier molecular flexibility index (Phi) is 5.47. The second-order valence-electron chi connectivity index (χ2n) is 7.17. The summed E-state index contributed by atoms with van der Waals surface area (Å²) in [6.45, 7) is 1.44. The van der Waals surface area contributed by atoms with Gasteiger partial charge in [0.15, 0.2) is 6.61 Å². The first-order chi connectivity index (χ1) is 14.5. The third-order valence-corrected chi connectivity index (χ3v) is 5.18. The lowest BCUT2D eigenvalue weighted by molar-refractivity contribution is -0.384. The predicted octanol–water partition coefficient (Wildman–Crippen LogP) is 3.76. The van der Waals surface area contributed by atoms with Crippen molar-refractivity contribution in [1.29, 1.82) is 0 Å². The fourth-order valence-corrected chi connectivity index (χ4v) is 3.61. The molecule has 2 aromatic carbocycles. The van der Waals surface area contributed by atoms with Gasteiger partial charge < -0.3 is 14.1 Å². The maximum Gasteiger partial charge on any atom is 0.336 e. The van der Waals surface area contributed by atoms with Crippen LogP contribution in [0, 0.1) is 10.1 Å². The number of piperidine rings is 1. The third kappa shape index (κ3) is 4.17. The number of likely N-dealkylation sites (tertiary alicyclic amines) is 1. The zero-order valence-corrected chi connectivity index (χ0v) is 16.2. The van der Waals surface area contributed by atoms with Gasteiger partial charge in [-0.1, -0.05) is 0 Å². The summed E-state index contributed by atoms with van der Waals surface area (Å²) in [7, 11) is 0. The molecule has 0 spiro atoms. The molecule has 1 amide bonds. The molecule has 8 nitrogen and oxygen atoms in total. The number of ether oxygens (including phenoxy) is 1. The highest BCUT2D eigenvalue weighted by Gasteiger charge is 2.17. The molecule has 0 aliphatic carbocycles. The van der Waals surface area contributed by atoms with Crippen molar-refractivity contribution in [2.24, 2.45) is 0 Å². The van der Waals surface area contributed by atoms with E-state index < -0.39 is 10.5 Å². The van der Waals surface area contributed by atoms with Crippen molar-refractivity contribution >= 4 is 22.6 Å². The molecule has 1 aromatic heterocycles.